The zero-order chi connectivity index (χ0) is 28.8. The van der Waals surface area contributed by atoms with Crippen LogP contribution in [-0.4, -0.2) is 93.3 Å². The SMILES string of the molecule is O=C(CN(CCCS(=O)(=O)c1ccc2cc(Cl)ccc2c1)C(=O)C1CCN(c2ccncc2)CC1)N1CCOCC1. The zero-order valence-electron chi connectivity index (χ0n) is 23.0. The van der Waals surface area contributed by atoms with Crippen LogP contribution >= 0.6 is 11.6 Å². The molecule has 2 saturated heterocycles. The van der Waals surface area contributed by atoms with E-state index in [9.17, 15) is 18.0 Å². The first-order valence-electron chi connectivity index (χ1n) is 14.0. The number of sulfone groups is 1. The van der Waals surface area contributed by atoms with E-state index in [1.165, 1.54) is 0 Å². The summed E-state index contributed by atoms with van der Waals surface area (Å²) in [4.78, 5) is 36.6. The predicted molar refractivity (Wildman–Crippen MR) is 159 cm³/mol. The quantitative estimate of drug-likeness (QED) is 0.371. The molecular weight excluding hydrogens is 564 g/mol. The molecule has 218 valence electrons. The summed E-state index contributed by atoms with van der Waals surface area (Å²) in [5.74, 6) is -0.551. The number of aromatic nitrogens is 1. The maximum absolute atomic E-state index is 13.7. The first-order chi connectivity index (χ1) is 19.8. The summed E-state index contributed by atoms with van der Waals surface area (Å²) in [6.45, 7) is 3.54. The number of nitrogens with zero attached hydrogens (tertiary/aromatic N) is 4. The molecule has 3 aromatic rings. The number of fused-ring (bicyclic) bond motifs is 1. The van der Waals surface area contributed by atoms with E-state index in [0.717, 1.165) is 29.5 Å². The van der Waals surface area contributed by atoms with Crippen molar-refractivity contribution in [2.24, 2.45) is 5.92 Å². The van der Waals surface area contributed by atoms with Crippen molar-refractivity contribution in [2.75, 3.05) is 63.1 Å². The molecule has 11 heteroatoms. The fourth-order valence-corrected chi connectivity index (χ4v) is 7.00. The van der Waals surface area contributed by atoms with Crippen LogP contribution in [0.2, 0.25) is 5.02 Å². The maximum atomic E-state index is 13.7. The number of rotatable bonds is 9. The van der Waals surface area contributed by atoms with Crippen LogP contribution in [0, 0.1) is 5.92 Å². The number of halogens is 1. The summed E-state index contributed by atoms with van der Waals surface area (Å²) < 4.78 is 31.8. The molecular formula is C30H35ClN4O5S. The molecule has 2 fully saturated rings. The standard InChI is InChI=1S/C30H35ClN4O5S/c31-26-4-2-25-21-28(5-3-24(25)20-26)41(38,39)19-1-12-35(22-29(36)34-15-17-40-18-16-34)30(37)23-8-13-33(14-9-23)27-6-10-32-11-7-27/h2-7,10-11,20-21,23H,1,8-9,12-19,22H2. The van der Waals surface area contributed by atoms with Crippen LogP contribution in [0.25, 0.3) is 10.8 Å². The summed E-state index contributed by atoms with van der Waals surface area (Å²) in [6.07, 6.45) is 5.09. The minimum atomic E-state index is -3.59. The number of hydrogen-bond donors (Lipinski definition) is 0. The van der Waals surface area contributed by atoms with Gasteiger partial charge in [-0.15, -0.1) is 0 Å². The zero-order valence-corrected chi connectivity index (χ0v) is 24.5. The minimum Gasteiger partial charge on any atom is -0.378 e. The Bertz CT molecular complexity index is 1470. The Morgan fingerprint density at radius 2 is 1.63 bits per heavy atom. The smallest absolute Gasteiger partial charge is 0.242 e. The molecule has 2 aliphatic heterocycles. The first-order valence-corrected chi connectivity index (χ1v) is 16.0. The third kappa shape index (κ3) is 7.36. The molecule has 0 radical (unpaired) electrons. The molecule has 0 spiro atoms. The number of carbonyl (C=O) groups is 2. The van der Waals surface area contributed by atoms with Crippen molar-refractivity contribution < 1.29 is 22.7 Å². The highest BCUT2D eigenvalue weighted by Gasteiger charge is 2.31. The van der Waals surface area contributed by atoms with E-state index in [4.69, 9.17) is 16.3 Å². The number of piperidine rings is 1. The van der Waals surface area contributed by atoms with Crippen molar-refractivity contribution in [1.82, 2.24) is 14.8 Å². The molecule has 0 saturated carbocycles. The van der Waals surface area contributed by atoms with Crippen molar-refractivity contribution >= 4 is 49.7 Å². The van der Waals surface area contributed by atoms with Crippen molar-refractivity contribution in [1.29, 1.82) is 0 Å². The Morgan fingerprint density at radius 1 is 0.951 bits per heavy atom. The molecule has 0 atom stereocenters. The number of hydrogen-bond acceptors (Lipinski definition) is 7. The molecule has 41 heavy (non-hydrogen) atoms. The van der Waals surface area contributed by atoms with Crippen LogP contribution in [0.1, 0.15) is 19.3 Å². The fourth-order valence-electron chi connectivity index (χ4n) is 5.49. The number of carbonyl (C=O) groups excluding carboxylic acids is 2. The summed E-state index contributed by atoms with van der Waals surface area (Å²) in [5.41, 5.74) is 1.08. The monoisotopic (exact) mass is 598 g/mol. The molecule has 2 amide bonds. The predicted octanol–water partition coefficient (Wildman–Crippen LogP) is 3.66. The van der Waals surface area contributed by atoms with E-state index in [2.05, 4.69) is 9.88 Å². The second kappa shape index (κ2) is 13.2. The lowest BCUT2D eigenvalue weighted by molar-refractivity contribution is -0.145. The van der Waals surface area contributed by atoms with Crippen LogP contribution in [0.4, 0.5) is 5.69 Å². The van der Waals surface area contributed by atoms with Gasteiger partial charge in [0.15, 0.2) is 9.84 Å². The van der Waals surface area contributed by atoms with E-state index in [1.807, 2.05) is 12.1 Å². The Hall–Kier alpha value is -3.21. The van der Waals surface area contributed by atoms with Gasteiger partial charge in [-0.25, -0.2) is 8.42 Å². The average molecular weight is 599 g/mol. The van der Waals surface area contributed by atoms with Gasteiger partial charge in [-0.2, -0.15) is 0 Å². The molecule has 0 aliphatic carbocycles. The third-order valence-corrected chi connectivity index (χ3v) is 9.88. The second-order valence-corrected chi connectivity index (χ2v) is 13.1. The first kappa shape index (κ1) is 29.3. The Morgan fingerprint density at radius 3 is 2.37 bits per heavy atom. The number of amides is 2. The van der Waals surface area contributed by atoms with Gasteiger partial charge in [-0.1, -0.05) is 23.7 Å². The van der Waals surface area contributed by atoms with Gasteiger partial charge in [0.2, 0.25) is 11.8 Å². The lowest BCUT2D eigenvalue weighted by Gasteiger charge is -2.36. The van der Waals surface area contributed by atoms with Gasteiger partial charge in [0.1, 0.15) is 0 Å². The van der Waals surface area contributed by atoms with Gasteiger partial charge in [0.05, 0.1) is 30.4 Å². The lowest BCUT2D eigenvalue weighted by Crippen LogP contribution is -2.49. The highest BCUT2D eigenvalue weighted by atomic mass is 35.5. The molecule has 2 aromatic carbocycles. The van der Waals surface area contributed by atoms with Crippen molar-refractivity contribution in [3.8, 4) is 0 Å². The Balaban J connectivity index is 1.24. The molecule has 2 aliphatic rings. The number of morpholine rings is 1. The topological polar surface area (TPSA) is 100 Å². The van der Waals surface area contributed by atoms with E-state index in [1.54, 1.807) is 58.6 Å². The fraction of sp³-hybridized carbons (Fsp3) is 0.433. The Labute approximate surface area is 245 Å². The van der Waals surface area contributed by atoms with E-state index in [-0.39, 0.29) is 47.9 Å². The largest absolute Gasteiger partial charge is 0.378 e. The average Bonchev–Trinajstić information content (AvgIpc) is 3.00. The molecule has 0 bridgehead atoms. The molecule has 9 nitrogen and oxygen atoms in total. The summed E-state index contributed by atoms with van der Waals surface area (Å²) in [5, 5.41) is 2.25. The van der Waals surface area contributed by atoms with Gasteiger partial charge in [0, 0.05) is 61.7 Å². The van der Waals surface area contributed by atoms with Crippen LogP contribution in [0.3, 0.4) is 0 Å². The van der Waals surface area contributed by atoms with Gasteiger partial charge < -0.3 is 19.4 Å². The minimum absolute atomic E-state index is 0.0554. The summed E-state index contributed by atoms with van der Waals surface area (Å²) in [6, 6.07) is 14.2. The Kier molecular flexibility index (Phi) is 9.42. The summed E-state index contributed by atoms with van der Waals surface area (Å²) >= 11 is 6.06. The maximum Gasteiger partial charge on any atom is 0.242 e. The van der Waals surface area contributed by atoms with Crippen molar-refractivity contribution in [3.63, 3.8) is 0 Å². The highest BCUT2D eigenvalue weighted by molar-refractivity contribution is 7.91. The normalized spacial score (nSPS) is 16.6. The molecule has 0 unspecified atom stereocenters. The molecule has 0 N–H and O–H groups in total. The molecule has 1 aromatic heterocycles. The molecule has 5 rings (SSSR count). The van der Waals surface area contributed by atoms with Crippen molar-refractivity contribution in [2.45, 2.75) is 24.2 Å². The number of anilines is 1. The van der Waals surface area contributed by atoms with Gasteiger partial charge in [-0.05, 0) is 66.4 Å². The molecule has 3 heterocycles. The number of benzene rings is 2. The van der Waals surface area contributed by atoms with Crippen molar-refractivity contribution in [3.05, 3.63) is 65.9 Å². The van der Waals surface area contributed by atoms with E-state index >= 15 is 0 Å². The highest BCUT2D eigenvalue weighted by Crippen LogP contribution is 2.26. The van der Waals surface area contributed by atoms with Gasteiger partial charge in [0.25, 0.3) is 0 Å². The second-order valence-electron chi connectivity index (χ2n) is 10.5. The summed E-state index contributed by atoms with van der Waals surface area (Å²) in [7, 11) is -3.59. The van der Waals surface area contributed by atoms with E-state index < -0.39 is 9.84 Å². The third-order valence-electron chi connectivity index (χ3n) is 7.85. The van der Waals surface area contributed by atoms with E-state index in [0.29, 0.717) is 44.2 Å². The van der Waals surface area contributed by atoms with Crippen LogP contribution < -0.4 is 4.90 Å². The van der Waals surface area contributed by atoms with Gasteiger partial charge in [-0.3, -0.25) is 14.6 Å². The lowest BCUT2D eigenvalue weighted by atomic mass is 9.94. The number of ether oxygens (including phenoxy) is 1. The van der Waals surface area contributed by atoms with Crippen LogP contribution in [0.5, 0.6) is 0 Å². The van der Waals surface area contributed by atoms with Gasteiger partial charge >= 0.3 is 0 Å². The van der Waals surface area contributed by atoms with Crippen LogP contribution in [-0.2, 0) is 24.2 Å². The number of pyridine rings is 1. The van der Waals surface area contributed by atoms with Crippen LogP contribution in [0.15, 0.2) is 65.8 Å².